The molecule has 4 nitrogen and oxygen atoms in total. The molecule has 5 heteroatoms. The van der Waals surface area contributed by atoms with Crippen LogP contribution >= 0.6 is 0 Å². The molecule has 52 valence electrons. The first kappa shape index (κ1) is 9.24. The first-order valence-corrected chi connectivity index (χ1v) is 2.27. The van der Waals surface area contributed by atoms with Crippen LogP contribution in [-0.4, -0.2) is 9.91 Å². The van der Waals surface area contributed by atoms with Gasteiger partial charge >= 0.3 is 0 Å². The maximum atomic E-state index is 9.95. The second-order valence-corrected chi connectivity index (χ2v) is 1.40. The molecule has 0 amide bonds. The summed E-state index contributed by atoms with van der Waals surface area (Å²) in [7, 11) is 0. The van der Waals surface area contributed by atoms with Crippen LogP contribution in [0.3, 0.4) is 0 Å². The van der Waals surface area contributed by atoms with Crippen LogP contribution in [-0.2, 0) is 21.1 Å². The monoisotopic (exact) mass is 307 g/mol. The maximum Gasteiger partial charge on any atom is 0.183 e. The first-order chi connectivity index (χ1) is 4.30. The third kappa shape index (κ3) is 2.23. The largest absolute Gasteiger partial charge is 0.388 e. The summed E-state index contributed by atoms with van der Waals surface area (Å²) in [6.45, 7) is 0. The van der Waals surface area contributed by atoms with Gasteiger partial charge in [-0.3, -0.25) is 10.1 Å². The number of aromatic nitrogens is 1. The Morgan fingerprint density at radius 3 is 2.70 bits per heavy atom. The Kier molecular flexibility index (Phi) is 3.80. The van der Waals surface area contributed by atoms with Crippen LogP contribution in [0.25, 0.3) is 0 Å². The Bertz CT molecular complexity index is 214. The van der Waals surface area contributed by atoms with E-state index >= 15 is 0 Å². The maximum absolute atomic E-state index is 9.95. The molecular weight excluding hydrogens is 304 g/mol. The fourth-order valence-corrected chi connectivity index (χ4v) is 0.420. The molecule has 0 aliphatic rings. The van der Waals surface area contributed by atoms with E-state index in [0.717, 1.165) is 6.20 Å². The van der Waals surface area contributed by atoms with Crippen molar-refractivity contribution in [3.8, 4) is 0 Å². The first-order valence-electron chi connectivity index (χ1n) is 2.27. The minimum Gasteiger partial charge on any atom is -0.388 e. The molecule has 0 atom stereocenters. The number of rotatable bonds is 1. The van der Waals surface area contributed by atoms with Gasteiger partial charge in [-0.25, -0.2) is 0 Å². The van der Waals surface area contributed by atoms with Gasteiger partial charge in [-0.1, -0.05) is 12.3 Å². The molecule has 1 aromatic rings. The molecule has 0 saturated carbocycles. The minimum absolute atomic E-state index is 0. The standard InChI is InChI=1S/C5H3N2O2.W/c8-7(9)5-2-1-3-6-4-5;/h1-2,4H;/q-1;. The van der Waals surface area contributed by atoms with Crippen LogP contribution in [0.15, 0.2) is 18.3 Å². The van der Waals surface area contributed by atoms with E-state index in [-0.39, 0.29) is 26.8 Å². The van der Waals surface area contributed by atoms with E-state index in [1.807, 2.05) is 0 Å². The van der Waals surface area contributed by atoms with Gasteiger partial charge < -0.3 is 4.98 Å². The molecule has 0 bridgehead atoms. The molecule has 0 radical (unpaired) electrons. The molecule has 0 aliphatic heterocycles. The van der Waals surface area contributed by atoms with Crippen LogP contribution in [0, 0.1) is 16.3 Å². The fourth-order valence-electron chi connectivity index (χ4n) is 0.420. The summed E-state index contributed by atoms with van der Waals surface area (Å²) < 4.78 is 0. The van der Waals surface area contributed by atoms with Gasteiger partial charge in [-0.05, 0) is 6.20 Å². The van der Waals surface area contributed by atoms with Gasteiger partial charge in [-0.15, -0.1) is 0 Å². The quantitative estimate of drug-likeness (QED) is 0.438. The normalized spacial score (nSPS) is 8.00. The van der Waals surface area contributed by atoms with Gasteiger partial charge in [-0.2, -0.15) is 6.07 Å². The topological polar surface area (TPSA) is 56.0 Å². The van der Waals surface area contributed by atoms with Crippen molar-refractivity contribution in [3.05, 3.63) is 34.6 Å². The Balaban J connectivity index is 0.000000810. The molecule has 0 aliphatic carbocycles. The predicted octanol–water partition coefficient (Wildman–Crippen LogP) is 0.787. The van der Waals surface area contributed by atoms with Crippen molar-refractivity contribution in [3.63, 3.8) is 0 Å². The van der Waals surface area contributed by atoms with Gasteiger partial charge in [0.1, 0.15) is 0 Å². The molecule has 0 saturated heterocycles. The summed E-state index contributed by atoms with van der Waals surface area (Å²) in [5, 5.41) is 9.95. The molecule has 0 spiro atoms. The number of hydrogen-bond donors (Lipinski definition) is 0. The average molecular weight is 307 g/mol. The van der Waals surface area contributed by atoms with E-state index in [1.165, 1.54) is 12.1 Å². The predicted molar refractivity (Wildman–Crippen MR) is 29.7 cm³/mol. The third-order valence-electron chi connectivity index (χ3n) is 0.811. The van der Waals surface area contributed by atoms with Gasteiger partial charge in [0.25, 0.3) is 0 Å². The van der Waals surface area contributed by atoms with Crippen molar-refractivity contribution in [1.29, 1.82) is 0 Å². The Morgan fingerprint density at radius 1 is 1.70 bits per heavy atom. The number of nitro groups is 1. The summed E-state index contributed by atoms with van der Waals surface area (Å²) in [5.41, 5.74) is -0.00579. The zero-order chi connectivity index (χ0) is 6.69. The summed E-state index contributed by atoms with van der Waals surface area (Å²) >= 11 is 0. The molecule has 1 aromatic heterocycles. The second kappa shape index (κ2) is 4.12. The van der Waals surface area contributed by atoms with Crippen LogP contribution in [0.1, 0.15) is 0 Å². The van der Waals surface area contributed by atoms with Crippen LogP contribution < -0.4 is 0 Å². The molecule has 0 N–H and O–H groups in total. The van der Waals surface area contributed by atoms with Gasteiger partial charge in [0.05, 0.1) is 0 Å². The summed E-state index contributed by atoms with van der Waals surface area (Å²) in [6, 6.07) is 2.74. The molecule has 1 heterocycles. The zero-order valence-corrected chi connectivity index (χ0v) is 7.78. The van der Waals surface area contributed by atoms with E-state index < -0.39 is 4.92 Å². The molecule has 0 unspecified atom stereocenters. The molecule has 10 heavy (non-hydrogen) atoms. The summed E-state index contributed by atoms with van der Waals surface area (Å²) in [6.07, 6.45) is 3.59. The number of hydrogen-bond acceptors (Lipinski definition) is 3. The summed E-state index contributed by atoms with van der Waals surface area (Å²) in [5.74, 6) is 0. The van der Waals surface area contributed by atoms with E-state index in [2.05, 4.69) is 11.2 Å². The zero-order valence-electron chi connectivity index (χ0n) is 4.85. The Morgan fingerprint density at radius 2 is 2.40 bits per heavy atom. The molecule has 1 rings (SSSR count). The average Bonchev–Trinajstić information content (AvgIpc) is 1.90. The second-order valence-electron chi connectivity index (χ2n) is 1.40. The van der Waals surface area contributed by atoms with Crippen LogP contribution in [0.2, 0.25) is 0 Å². The van der Waals surface area contributed by atoms with E-state index in [4.69, 9.17) is 0 Å². The third-order valence-corrected chi connectivity index (χ3v) is 0.811. The molecule has 0 fully saturated rings. The molecule has 0 aromatic carbocycles. The van der Waals surface area contributed by atoms with Gasteiger partial charge in [0, 0.05) is 26.0 Å². The van der Waals surface area contributed by atoms with Gasteiger partial charge in [0.15, 0.2) is 5.69 Å². The summed E-state index contributed by atoms with van der Waals surface area (Å²) in [4.78, 5) is 12.9. The number of pyridine rings is 1. The minimum atomic E-state index is -0.499. The SMILES string of the molecule is O=[N+]([O-])c1cc[c-]nc1.[W]. The number of nitrogens with zero attached hydrogens (tertiary/aromatic N) is 2. The smallest absolute Gasteiger partial charge is 0.183 e. The van der Waals surface area contributed by atoms with Crippen molar-refractivity contribution in [2.75, 3.05) is 0 Å². The fraction of sp³-hybridized carbons (Fsp3) is 0. The van der Waals surface area contributed by atoms with Crippen molar-refractivity contribution in [2.24, 2.45) is 0 Å². The van der Waals surface area contributed by atoms with Crippen molar-refractivity contribution >= 4 is 5.69 Å². The van der Waals surface area contributed by atoms with Crippen molar-refractivity contribution in [2.45, 2.75) is 0 Å². The van der Waals surface area contributed by atoms with E-state index in [9.17, 15) is 10.1 Å². The van der Waals surface area contributed by atoms with E-state index in [1.54, 1.807) is 0 Å². The van der Waals surface area contributed by atoms with Crippen molar-refractivity contribution < 1.29 is 26.0 Å². The van der Waals surface area contributed by atoms with Crippen LogP contribution in [0.5, 0.6) is 0 Å². The Hall–Kier alpha value is -0.762. The molecular formula is C5H3N2O2W-. The van der Waals surface area contributed by atoms with Gasteiger partial charge in [0.2, 0.25) is 0 Å². The Labute approximate surface area is 71.7 Å². The van der Waals surface area contributed by atoms with Crippen molar-refractivity contribution in [1.82, 2.24) is 4.98 Å². The van der Waals surface area contributed by atoms with Crippen LogP contribution in [0.4, 0.5) is 5.69 Å². The van der Waals surface area contributed by atoms with E-state index in [0.29, 0.717) is 0 Å².